The van der Waals surface area contributed by atoms with Crippen molar-refractivity contribution < 1.29 is 4.79 Å². The molecular formula is C10H16ClN3O. The Balaban J connectivity index is 2.58. The third-order valence-electron chi connectivity index (χ3n) is 2.22. The number of nitrogens with zero attached hydrogens (tertiary/aromatic N) is 2. The lowest BCUT2D eigenvalue weighted by Gasteiger charge is -2.04. The summed E-state index contributed by atoms with van der Waals surface area (Å²) < 4.78 is 1.77. The first-order valence-electron chi connectivity index (χ1n) is 5.02. The summed E-state index contributed by atoms with van der Waals surface area (Å²) in [5.41, 5.74) is 1.73. The fraction of sp³-hybridized carbons (Fsp3) is 0.600. The Kier molecular flexibility index (Phi) is 4.15. The largest absolute Gasteiger partial charge is 0.356 e. The summed E-state index contributed by atoms with van der Waals surface area (Å²) in [6, 6.07) is 0. The van der Waals surface area contributed by atoms with E-state index in [1.54, 1.807) is 4.68 Å². The Morgan fingerprint density at radius 3 is 2.67 bits per heavy atom. The Morgan fingerprint density at radius 1 is 1.53 bits per heavy atom. The highest BCUT2D eigenvalue weighted by molar-refractivity contribution is 6.31. The molecule has 0 aliphatic heterocycles. The number of nitrogens with one attached hydrogen (secondary N) is 1. The first-order valence-corrected chi connectivity index (χ1v) is 5.40. The molecule has 0 saturated carbocycles. The Bertz CT molecular complexity index is 360. The molecule has 84 valence electrons. The molecule has 5 heteroatoms. The minimum atomic E-state index is 0.0428. The number of amides is 1. The van der Waals surface area contributed by atoms with Crippen LogP contribution in [0.3, 0.4) is 0 Å². The molecule has 4 nitrogen and oxygen atoms in total. The van der Waals surface area contributed by atoms with Gasteiger partial charge in [-0.25, -0.2) is 0 Å². The van der Waals surface area contributed by atoms with Gasteiger partial charge in [0.25, 0.3) is 0 Å². The molecule has 1 N–H and O–H groups in total. The van der Waals surface area contributed by atoms with Crippen LogP contribution in [0.4, 0.5) is 0 Å². The van der Waals surface area contributed by atoms with Crippen molar-refractivity contribution in [3.63, 3.8) is 0 Å². The maximum atomic E-state index is 11.2. The third-order valence-corrected chi connectivity index (χ3v) is 2.76. The molecule has 1 aromatic rings. The van der Waals surface area contributed by atoms with Crippen LogP contribution < -0.4 is 5.32 Å². The van der Waals surface area contributed by atoms with E-state index in [4.69, 9.17) is 11.6 Å². The Morgan fingerprint density at radius 2 is 2.20 bits per heavy atom. The molecule has 0 bridgehead atoms. The molecule has 0 aliphatic rings. The number of carbonyl (C=O) groups excluding carboxylic acids is 1. The number of halogens is 1. The Labute approximate surface area is 94.6 Å². The van der Waals surface area contributed by atoms with Gasteiger partial charge < -0.3 is 5.32 Å². The molecule has 0 radical (unpaired) electrons. The van der Waals surface area contributed by atoms with Crippen molar-refractivity contribution in [1.82, 2.24) is 15.1 Å². The van der Waals surface area contributed by atoms with Gasteiger partial charge in [0, 0.05) is 13.0 Å². The van der Waals surface area contributed by atoms with Gasteiger partial charge in [-0.1, -0.05) is 11.6 Å². The van der Waals surface area contributed by atoms with Gasteiger partial charge in [0.2, 0.25) is 5.91 Å². The van der Waals surface area contributed by atoms with Crippen LogP contribution in [0, 0.1) is 13.8 Å². The van der Waals surface area contributed by atoms with E-state index in [-0.39, 0.29) is 5.91 Å². The summed E-state index contributed by atoms with van der Waals surface area (Å²) in [6.07, 6.45) is 0.437. The zero-order valence-electron chi connectivity index (χ0n) is 9.30. The van der Waals surface area contributed by atoms with Crippen LogP contribution in [-0.4, -0.2) is 22.2 Å². The predicted molar refractivity (Wildman–Crippen MR) is 60.0 cm³/mol. The van der Waals surface area contributed by atoms with Gasteiger partial charge in [-0.05, 0) is 20.8 Å². The number of hydrogen-bond acceptors (Lipinski definition) is 2. The van der Waals surface area contributed by atoms with E-state index in [0.29, 0.717) is 24.5 Å². The Hall–Kier alpha value is -1.03. The smallest absolute Gasteiger partial charge is 0.221 e. The number of rotatable bonds is 4. The van der Waals surface area contributed by atoms with Crippen LogP contribution in [0.1, 0.15) is 24.7 Å². The first-order chi connectivity index (χ1) is 7.06. The number of hydrogen-bond donors (Lipinski definition) is 1. The molecule has 0 fully saturated rings. The summed E-state index contributed by atoms with van der Waals surface area (Å²) >= 11 is 5.99. The van der Waals surface area contributed by atoms with Crippen LogP contribution in [0.15, 0.2) is 0 Å². The highest BCUT2D eigenvalue weighted by Crippen LogP contribution is 2.18. The van der Waals surface area contributed by atoms with Gasteiger partial charge in [-0.15, -0.1) is 0 Å². The highest BCUT2D eigenvalue weighted by Gasteiger charge is 2.09. The maximum absolute atomic E-state index is 11.2. The second kappa shape index (κ2) is 5.16. The summed E-state index contributed by atoms with van der Waals surface area (Å²) in [6.45, 7) is 6.90. The van der Waals surface area contributed by atoms with E-state index in [2.05, 4.69) is 10.4 Å². The number of aromatic nitrogens is 2. The molecule has 1 heterocycles. The van der Waals surface area contributed by atoms with E-state index in [9.17, 15) is 4.79 Å². The molecule has 0 unspecified atom stereocenters. The highest BCUT2D eigenvalue weighted by atomic mass is 35.5. The van der Waals surface area contributed by atoms with Crippen molar-refractivity contribution >= 4 is 17.5 Å². The van der Waals surface area contributed by atoms with E-state index in [0.717, 1.165) is 11.4 Å². The zero-order valence-corrected chi connectivity index (χ0v) is 10.1. The fourth-order valence-corrected chi connectivity index (χ4v) is 1.52. The monoisotopic (exact) mass is 229 g/mol. The van der Waals surface area contributed by atoms with Gasteiger partial charge >= 0.3 is 0 Å². The normalized spacial score (nSPS) is 10.4. The molecule has 0 saturated heterocycles. The second-order valence-corrected chi connectivity index (χ2v) is 3.79. The molecule has 1 rings (SSSR count). The third kappa shape index (κ3) is 2.96. The number of aryl methyl sites for hydroxylation is 2. The van der Waals surface area contributed by atoms with Crippen molar-refractivity contribution in [2.45, 2.75) is 33.7 Å². The summed E-state index contributed by atoms with van der Waals surface area (Å²) in [5, 5.41) is 7.68. The van der Waals surface area contributed by atoms with Gasteiger partial charge in [0.15, 0.2) is 0 Å². The molecular weight excluding hydrogens is 214 g/mol. The van der Waals surface area contributed by atoms with Crippen molar-refractivity contribution in [1.29, 1.82) is 0 Å². The van der Waals surface area contributed by atoms with Crippen LogP contribution in [-0.2, 0) is 11.3 Å². The SMILES string of the molecule is CCNC(=O)CCn1nc(C)c(Cl)c1C. The van der Waals surface area contributed by atoms with E-state index in [1.165, 1.54) is 0 Å². The predicted octanol–water partition coefficient (Wildman–Crippen LogP) is 1.68. The standard InChI is InChI=1S/C10H16ClN3O/c1-4-12-9(15)5-6-14-8(3)10(11)7(2)13-14/h4-6H2,1-3H3,(H,12,15). The van der Waals surface area contributed by atoms with Crippen LogP contribution in [0.2, 0.25) is 5.02 Å². The summed E-state index contributed by atoms with van der Waals surface area (Å²) in [5.74, 6) is 0.0428. The van der Waals surface area contributed by atoms with Crippen LogP contribution in [0.25, 0.3) is 0 Å². The van der Waals surface area contributed by atoms with Crippen LogP contribution >= 0.6 is 11.6 Å². The van der Waals surface area contributed by atoms with E-state index >= 15 is 0 Å². The van der Waals surface area contributed by atoms with E-state index in [1.807, 2.05) is 20.8 Å². The minimum absolute atomic E-state index is 0.0428. The molecule has 1 amide bonds. The van der Waals surface area contributed by atoms with Gasteiger partial charge in [0.1, 0.15) is 0 Å². The topological polar surface area (TPSA) is 46.9 Å². The lowest BCUT2D eigenvalue weighted by Crippen LogP contribution is -2.24. The lowest BCUT2D eigenvalue weighted by atomic mass is 10.3. The number of carbonyl (C=O) groups is 1. The average Bonchev–Trinajstić information content (AvgIpc) is 2.43. The van der Waals surface area contributed by atoms with Gasteiger partial charge in [-0.2, -0.15) is 5.10 Å². The molecule has 1 aromatic heterocycles. The minimum Gasteiger partial charge on any atom is -0.356 e. The molecule has 0 spiro atoms. The zero-order chi connectivity index (χ0) is 11.4. The molecule has 0 aromatic carbocycles. The molecule has 15 heavy (non-hydrogen) atoms. The van der Waals surface area contributed by atoms with Crippen molar-refractivity contribution in [3.8, 4) is 0 Å². The quantitative estimate of drug-likeness (QED) is 0.854. The van der Waals surface area contributed by atoms with Crippen molar-refractivity contribution in [3.05, 3.63) is 16.4 Å². The molecule has 0 atom stereocenters. The van der Waals surface area contributed by atoms with Crippen molar-refractivity contribution in [2.24, 2.45) is 0 Å². The summed E-state index contributed by atoms with van der Waals surface area (Å²) in [7, 11) is 0. The lowest BCUT2D eigenvalue weighted by molar-refractivity contribution is -0.121. The van der Waals surface area contributed by atoms with Crippen molar-refractivity contribution in [2.75, 3.05) is 6.54 Å². The first kappa shape index (κ1) is 12.0. The van der Waals surface area contributed by atoms with Crippen LogP contribution in [0.5, 0.6) is 0 Å². The summed E-state index contributed by atoms with van der Waals surface area (Å²) in [4.78, 5) is 11.2. The van der Waals surface area contributed by atoms with Gasteiger partial charge in [-0.3, -0.25) is 9.48 Å². The van der Waals surface area contributed by atoms with Gasteiger partial charge in [0.05, 0.1) is 23.0 Å². The fourth-order valence-electron chi connectivity index (χ4n) is 1.39. The maximum Gasteiger partial charge on any atom is 0.221 e. The second-order valence-electron chi connectivity index (χ2n) is 3.41. The van der Waals surface area contributed by atoms with E-state index < -0.39 is 0 Å². The molecule has 0 aliphatic carbocycles. The average molecular weight is 230 g/mol.